The lowest BCUT2D eigenvalue weighted by Crippen LogP contribution is -2.35. The van der Waals surface area contributed by atoms with Gasteiger partial charge in [-0.1, -0.05) is 35.9 Å². The Bertz CT molecular complexity index is 787. The summed E-state index contributed by atoms with van der Waals surface area (Å²) in [5.74, 6) is 0.499. The number of likely N-dealkylation sites (tertiary alicyclic amines) is 1. The Morgan fingerprint density at radius 2 is 1.86 bits per heavy atom. The van der Waals surface area contributed by atoms with Gasteiger partial charge in [0.2, 0.25) is 0 Å². The van der Waals surface area contributed by atoms with Crippen molar-refractivity contribution in [2.45, 2.75) is 39.0 Å². The van der Waals surface area contributed by atoms with E-state index in [9.17, 15) is 9.90 Å². The summed E-state index contributed by atoms with van der Waals surface area (Å²) in [6.07, 6.45) is 1.55. The number of nitrogens with zero attached hydrogens (tertiary/aromatic N) is 1. The van der Waals surface area contributed by atoms with Crippen LogP contribution in [-0.4, -0.2) is 41.7 Å². The van der Waals surface area contributed by atoms with Crippen LogP contribution < -0.4 is 10.1 Å². The number of halogens is 1. The summed E-state index contributed by atoms with van der Waals surface area (Å²) in [6, 6.07) is 13.6. The molecular weight excluding hydrogens is 376 g/mol. The van der Waals surface area contributed by atoms with Gasteiger partial charge in [-0.15, -0.1) is 0 Å². The van der Waals surface area contributed by atoms with Gasteiger partial charge >= 0.3 is 0 Å². The van der Waals surface area contributed by atoms with Crippen molar-refractivity contribution in [3.8, 4) is 5.75 Å². The molecule has 1 saturated heterocycles. The van der Waals surface area contributed by atoms with Gasteiger partial charge in [-0.3, -0.25) is 9.69 Å². The fraction of sp³-hybridized carbons (Fsp3) is 0.409. The minimum Gasteiger partial charge on any atom is -0.484 e. The number of rotatable bonds is 7. The molecule has 28 heavy (non-hydrogen) atoms. The van der Waals surface area contributed by atoms with Crippen LogP contribution in [-0.2, 0) is 17.9 Å². The highest BCUT2D eigenvalue weighted by Gasteiger charge is 2.16. The standard InChI is InChI=1S/C22H27ClN2O3/c1-16-12-19(23)6-7-21(16)28-15-22(27)24-13-17-2-4-18(5-3-17)14-25-10-8-20(26)9-11-25/h2-7,12,20,26H,8-11,13-15H2,1H3,(H,24,27). The van der Waals surface area contributed by atoms with Crippen LogP contribution in [0, 0.1) is 6.92 Å². The normalized spacial score (nSPS) is 15.4. The molecule has 0 saturated carbocycles. The molecule has 1 fully saturated rings. The highest BCUT2D eigenvalue weighted by atomic mass is 35.5. The van der Waals surface area contributed by atoms with Gasteiger partial charge in [0, 0.05) is 31.2 Å². The van der Waals surface area contributed by atoms with Crippen molar-refractivity contribution in [3.05, 3.63) is 64.2 Å². The zero-order chi connectivity index (χ0) is 19.9. The van der Waals surface area contributed by atoms with E-state index in [1.165, 1.54) is 5.56 Å². The van der Waals surface area contributed by atoms with Gasteiger partial charge in [0.1, 0.15) is 5.75 Å². The minimum atomic E-state index is -0.162. The summed E-state index contributed by atoms with van der Waals surface area (Å²) < 4.78 is 5.56. The van der Waals surface area contributed by atoms with Crippen molar-refractivity contribution in [3.63, 3.8) is 0 Å². The quantitative estimate of drug-likeness (QED) is 0.746. The first-order chi connectivity index (χ1) is 13.5. The van der Waals surface area contributed by atoms with E-state index in [0.717, 1.165) is 43.6 Å². The van der Waals surface area contributed by atoms with Crippen LogP contribution >= 0.6 is 11.6 Å². The minimum absolute atomic E-state index is 0.0264. The molecule has 6 heteroatoms. The number of hydrogen-bond donors (Lipinski definition) is 2. The van der Waals surface area contributed by atoms with E-state index in [1.54, 1.807) is 12.1 Å². The van der Waals surface area contributed by atoms with Gasteiger partial charge in [0.05, 0.1) is 6.10 Å². The molecule has 1 heterocycles. The molecular formula is C22H27ClN2O3. The SMILES string of the molecule is Cc1cc(Cl)ccc1OCC(=O)NCc1ccc(CN2CCC(O)CC2)cc1. The highest BCUT2D eigenvalue weighted by molar-refractivity contribution is 6.30. The number of piperidine rings is 1. The monoisotopic (exact) mass is 402 g/mol. The first kappa shape index (κ1) is 20.6. The van der Waals surface area contributed by atoms with Gasteiger partial charge in [0.15, 0.2) is 6.61 Å². The molecule has 0 unspecified atom stereocenters. The molecule has 0 radical (unpaired) electrons. The van der Waals surface area contributed by atoms with Crippen molar-refractivity contribution in [2.75, 3.05) is 19.7 Å². The molecule has 0 atom stereocenters. The zero-order valence-corrected chi connectivity index (χ0v) is 16.9. The molecule has 0 aliphatic carbocycles. The zero-order valence-electron chi connectivity index (χ0n) is 16.2. The summed E-state index contributed by atoms with van der Waals surface area (Å²) >= 11 is 5.92. The largest absolute Gasteiger partial charge is 0.484 e. The Labute approximate surface area is 171 Å². The number of hydrogen-bond acceptors (Lipinski definition) is 4. The molecule has 1 aliphatic rings. The average Bonchev–Trinajstić information content (AvgIpc) is 2.68. The van der Waals surface area contributed by atoms with Crippen molar-refractivity contribution >= 4 is 17.5 Å². The highest BCUT2D eigenvalue weighted by Crippen LogP contribution is 2.21. The molecule has 0 aromatic heterocycles. The van der Waals surface area contributed by atoms with E-state index in [0.29, 0.717) is 17.3 Å². The van der Waals surface area contributed by atoms with Crippen molar-refractivity contribution in [2.24, 2.45) is 0 Å². The van der Waals surface area contributed by atoms with Crippen LogP contribution in [0.1, 0.15) is 29.5 Å². The topological polar surface area (TPSA) is 61.8 Å². The maximum absolute atomic E-state index is 12.0. The lowest BCUT2D eigenvalue weighted by Gasteiger charge is -2.29. The summed E-state index contributed by atoms with van der Waals surface area (Å²) in [5, 5.41) is 13.1. The third kappa shape index (κ3) is 6.23. The van der Waals surface area contributed by atoms with E-state index in [2.05, 4.69) is 22.3 Å². The second-order valence-corrected chi connectivity index (χ2v) is 7.74. The average molecular weight is 403 g/mol. The summed E-state index contributed by atoms with van der Waals surface area (Å²) in [6.45, 7) is 5.11. The Balaban J connectivity index is 1.41. The van der Waals surface area contributed by atoms with E-state index < -0.39 is 0 Å². The van der Waals surface area contributed by atoms with E-state index in [4.69, 9.17) is 16.3 Å². The van der Waals surface area contributed by atoms with Crippen LogP contribution in [0.3, 0.4) is 0 Å². The van der Waals surface area contributed by atoms with Gasteiger partial charge < -0.3 is 15.2 Å². The van der Waals surface area contributed by atoms with Gasteiger partial charge in [-0.2, -0.15) is 0 Å². The second-order valence-electron chi connectivity index (χ2n) is 7.30. The van der Waals surface area contributed by atoms with Crippen molar-refractivity contribution < 1.29 is 14.6 Å². The number of aliphatic hydroxyl groups excluding tert-OH is 1. The number of carbonyl (C=O) groups is 1. The fourth-order valence-electron chi connectivity index (χ4n) is 3.27. The first-order valence-corrected chi connectivity index (χ1v) is 10.0. The molecule has 2 aromatic carbocycles. The summed E-state index contributed by atoms with van der Waals surface area (Å²) in [4.78, 5) is 14.4. The van der Waals surface area contributed by atoms with E-state index in [-0.39, 0.29) is 18.6 Å². The second kappa shape index (κ2) is 9.92. The maximum Gasteiger partial charge on any atom is 0.258 e. The Morgan fingerprint density at radius 3 is 2.54 bits per heavy atom. The predicted octanol–water partition coefficient (Wildman–Crippen LogP) is 3.30. The number of aryl methyl sites for hydroxylation is 1. The molecule has 5 nitrogen and oxygen atoms in total. The Hall–Kier alpha value is -2.08. The lowest BCUT2D eigenvalue weighted by molar-refractivity contribution is -0.123. The van der Waals surface area contributed by atoms with Crippen LogP contribution in [0.2, 0.25) is 5.02 Å². The molecule has 0 spiro atoms. The van der Waals surface area contributed by atoms with Crippen LogP contribution in [0.4, 0.5) is 0 Å². The van der Waals surface area contributed by atoms with Gasteiger partial charge in [-0.05, 0) is 54.7 Å². The Morgan fingerprint density at radius 1 is 1.18 bits per heavy atom. The molecule has 0 bridgehead atoms. The smallest absolute Gasteiger partial charge is 0.258 e. The maximum atomic E-state index is 12.0. The number of nitrogens with one attached hydrogen (secondary N) is 1. The van der Waals surface area contributed by atoms with Crippen molar-refractivity contribution in [1.82, 2.24) is 10.2 Å². The van der Waals surface area contributed by atoms with Crippen molar-refractivity contribution in [1.29, 1.82) is 0 Å². The number of carbonyl (C=O) groups excluding carboxylic acids is 1. The fourth-order valence-corrected chi connectivity index (χ4v) is 3.49. The predicted molar refractivity (Wildman–Crippen MR) is 110 cm³/mol. The number of aliphatic hydroxyl groups is 1. The molecule has 3 rings (SSSR count). The number of amides is 1. The third-order valence-corrected chi connectivity index (χ3v) is 5.21. The van der Waals surface area contributed by atoms with Crippen LogP contribution in [0.25, 0.3) is 0 Å². The van der Waals surface area contributed by atoms with E-state index >= 15 is 0 Å². The van der Waals surface area contributed by atoms with E-state index in [1.807, 2.05) is 25.1 Å². The molecule has 2 aromatic rings. The van der Waals surface area contributed by atoms with Crippen LogP contribution in [0.5, 0.6) is 5.75 Å². The van der Waals surface area contributed by atoms with Gasteiger partial charge in [-0.25, -0.2) is 0 Å². The van der Waals surface area contributed by atoms with Gasteiger partial charge in [0.25, 0.3) is 5.91 Å². The van der Waals surface area contributed by atoms with Crippen LogP contribution in [0.15, 0.2) is 42.5 Å². The molecule has 1 amide bonds. The third-order valence-electron chi connectivity index (χ3n) is 4.97. The Kier molecular flexibility index (Phi) is 7.31. The number of benzene rings is 2. The summed E-state index contributed by atoms with van der Waals surface area (Å²) in [7, 11) is 0. The molecule has 1 aliphatic heterocycles. The molecule has 2 N–H and O–H groups in total. The lowest BCUT2D eigenvalue weighted by atomic mass is 10.1. The summed E-state index contributed by atoms with van der Waals surface area (Å²) in [5.41, 5.74) is 3.20. The first-order valence-electron chi connectivity index (χ1n) is 9.63. The molecule has 150 valence electrons. The number of ether oxygens (including phenoxy) is 1.